The van der Waals surface area contributed by atoms with E-state index in [1.807, 2.05) is 13.8 Å². The minimum absolute atomic E-state index is 0.0411. The SMILES string of the molecule is CC(O)CN(C(=O)NC1CC1c1c(F)cccc1F)C(C)C. The van der Waals surface area contributed by atoms with Crippen LogP contribution in [0.1, 0.15) is 38.7 Å². The van der Waals surface area contributed by atoms with Crippen LogP contribution in [-0.4, -0.2) is 40.8 Å². The molecule has 1 aliphatic carbocycles. The van der Waals surface area contributed by atoms with Crippen molar-refractivity contribution in [3.8, 4) is 0 Å². The Morgan fingerprint density at radius 3 is 2.45 bits per heavy atom. The van der Waals surface area contributed by atoms with Crippen molar-refractivity contribution in [1.29, 1.82) is 0 Å². The van der Waals surface area contributed by atoms with Crippen LogP contribution in [0.5, 0.6) is 0 Å². The van der Waals surface area contributed by atoms with E-state index in [0.717, 1.165) is 0 Å². The minimum atomic E-state index is -0.632. The van der Waals surface area contributed by atoms with E-state index in [4.69, 9.17) is 0 Å². The van der Waals surface area contributed by atoms with Gasteiger partial charge in [0, 0.05) is 30.1 Å². The number of aliphatic hydroxyl groups is 1. The first-order valence-corrected chi connectivity index (χ1v) is 7.50. The van der Waals surface area contributed by atoms with E-state index in [-0.39, 0.29) is 36.1 Å². The van der Waals surface area contributed by atoms with E-state index in [1.54, 1.807) is 6.92 Å². The first kappa shape index (κ1) is 16.7. The number of halogens is 2. The van der Waals surface area contributed by atoms with E-state index >= 15 is 0 Å². The van der Waals surface area contributed by atoms with Gasteiger partial charge >= 0.3 is 6.03 Å². The van der Waals surface area contributed by atoms with Gasteiger partial charge in [-0.1, -0.05) is 6.07 Å². The molecule has 2 rings (SSSR count). The van der Waals surface area contributed by atoms with E-state index in [0.29, 0.717) is 6.42 Å². The van der Waals surface area contributed by atoms with Crippen LogP contribution >= 0.6 is 0 Å². The van der Waals surface area contributed by atoms with Crippen LogP contribution < -0.4 is 5.32 Å². The molecule has 1 fully saturated rings. The van der Waals surface area contributed by atoms with Crippen LogP contribution in [0, 0.1) is 11.6 Å². The zero-order valence-electron chi connectivity index (χ0n) is 13.0. The zero-order valence-corrected chi connectivity index (χ0v) is 13.0. The molecule has 1 aromatic carbocycles. The highest BCUT2D eigenvalue weighted by atomic mass is 19.1. The van der Waals surface area contributed by atoms with Gasteiger partial charge in [0.25, 0.3) is 0 Å². The standard InChI is InChI=1S/C16H22F2N2O2/c1-9(2)20(8-10(3)21)16(22)19-14-7-11(14)15-12(17)5-4-6-13(15)18/h4-6,9-11,14,21H,7-8H2,1-3H3,(H,19,22). The Morgan fingerprint density at radius 1 is 1.36 bits per heavy atom. The quantitative estimate of drug-likeness (QED) is 0.878. The number of nitrogens with zero attached hydrogens (tertiary/aromatic N) is 1. The fraction of sp³-hybridized carbons (Fsp3) is 0.562. The first-order chi connectivity index (χ1) is 10.3. The molecule has 1 aliphatic rings. The number of nitrogens with one attached hydrogen (secondary N) is 1. The number of benzene rings is 1. The van der Waals surface area contributed by atoms with Crippen LogP contribution in [-0.2, 0) is 0 Å². The van der Waals surface area contributed by atoms with E-state index < -0.39 is 17.7 Å². The molecule has 0 radical (unpaired) electrons. The van der Waals surface area contributed by atoms with Gasteiger partial charge in [0.2, 0.25) is 0 Å². The molecule has 4 nitrogen and oxygen atoms in total. The van der Waals surface area contributed by atoms with E-state index in [2.05, 4.69) is 5.32 Å². The summed E-state index contributed by atoms with van der Waals surface area (Å²) in [6, 6.07) is 3.12. The molecule has 1 aromatic rings. The molecular formula is C16H22F2N2O2. The van der Waals surface area contributed by atoms with Gasteiger partial charge in [0.1, 0.15) is 11.6 Å². The third kappa shape index (κ3) is 3.74. The van der Waals surface area contributed by atoms with Crippen LogP contribution in [0.2, 0.25) is 0 Å². The number of aliphatic hydroxyl groups excluding tert-OH is 1. The molecule has 0 aromatic heterocycles. The van der Waals surface area contributed by atoms with Crippen LogP contribution in [0.3, 0.4) is 0 Å². The van der Waals surface area contributed by atoms with Crippen molar-refractivity contribution in [3.63, 3.8) is 0 Å². The Morgan fingerprint density at radius 2 is 1.95 bits per heavy atom. The highest BCUT2D eigenvalue weighted by Gasteiger charge is 2.43. The molecule has 0 aliphatic heterocycles. The van der Waals surface area contributed by atoms with Crippen molar-refractivity contribution in [2.75, 3.05) is 6.54 Å². The number of hydrogen-bond acceptors (Lipinski definition) is 2. The largest absolute Gasteiger partial charge is 0.392 e. The van der Waals surface area contributed by atoms with Gasteiger partial charge in [-0.3, -0.25) is 0 Å². The monoisotopic (exact) mass is 312 g/mol. The highest BCUT2D eigenvalue weighted by Crippen LogP contribution is 2.43. The number of urea groups is 1. The summed E-state index contributed by atoms with van der Waals surface area (Å²) in [5.41, 5.74) is 0.0411. The summed E-state index contributed by atoms with van der Waals surface area (Å²) in [6.45, 7) is 5.53. The Bertz CT molecular complexity index is 529. The maximum Gasteiger partial charge on any atom is 0.317 e. The van der Waals surface area contributed by atoms with E-state index in [9.17, 15) is 18.7 Å². The lowest BCUT2D eigenvalue weighted by atomic mass is 10.1. The Hall–Kier alpha value is -1.69. The van der Waals surface area contributed by atoms with Crippen molar-refractivity contribution in [1.82, 2.24) is 10.2 Å². The molecule has 3 atom stereocenters. The number of amides is 2. The maximum atomic E-state index is 13.7. The molecule has 0 saturated heterocycles. The van der Waals surface area contributed by atoms with Gasteiger partial charge in [-0.05, 0) is 39.3 Å². The molecule has 6 heteroatoms. The normalized spacial score (nSPS) is 21.6. The van der Waals surface area contributed by atoms with Crippen molar-refractivity contribution in [2.45, 2.75) is 51.3 Å². The summed E-state index contributed by atoms with van der Waals surface area (Å²) >= 11 is 0. The molecule has 2 N–H and O–H groups in total. The Balaban J connectivity index is 2.00. The van der Waals surface area contributed by atoms with Crippen molar-refractivity contribution in [2.24, 2.45) is 0 Å². The fourth-order valence-electron chi connectivity index (χ4n) is 2.59. The van der Waals surface area contributed by atoms with Gasteiger partial charge in [-0.2, -0.15) is 0 Å². The minimum Gasteiger partial charge on any atom is -0.392 e. The predicted octanol–water partition coefficient (Wildman–Crippen LogP) is 2.62. The van der Waals surface area contributed by atoms with E-state index in [1.165, 1.54) is 23.1 Å². The molecule has 0 bridgehead atoms. The Kier molecular flexibility index (Phi) is 5.01. The smallest absolute Gasteiger partial charge is 0.317 e. The maximum absolute atomic E-state index is 13.7. The van der Waals surface area contributed by atoms with Crippen LogP contribution in [0.25, 0.3) is 0 Å². The summed E-state index contributed by atoms with van der Waals surface area (Å²) in [4.78, 5) is 13.7. The molecular weight excluding hydrogens is 290 g/mol. The average molecular weight is 312 g/mol. The van der Waals surface area contributed by atoms with Gasteiger partial charge in [-0.25, -0.2) is 13.6 Å². The lowest BCUT2D eigenvalue weighted by Crippen LogP contribution is -2.47. The summed E-state index contributed by atoms with van der Waals surface area (Å²) in [5, 5.41) is 12.2. The lowest BCUT2D eigenvalue weighted by Gasteiger charge is -2.28. The summed E-state index contributed by atoms with van der Waals surface area (Å²) in [5.74, 6) is -1.48. The summed E-state index contributed by atoms with van der Waals surface area (Å²) in [6.07, 6.45) is -0.114. The summed E-state index contributed by atoms with van der Waals surface area (Å²) < 4.78 is 27.4. The third-order valence-corrected chi connectivity index (χ3v) is 3.81. The Labute approximate surface area is 129 Å². The van der Waals surface area contributed by atoms with Crippen LogP contribution in [0.15, 0.2) is 18.2 Å². The van der Waals surface area contributed by atoms with Crippen molar-refractivity contribution < 1.29 is 18.7 Å². The zero-order chi connectivity index (χ0) is 16.4. The molecule has 22 heavy (non-hydrogen) atoms. The second-order valence-corrected chi connectivity index (χ2v) is 6.13. The lowest BCUT2D eigenvalue weighted by molar-refractivity contribution is 0.118. The molecule has 3 unspecified atom stereocenters. The molecule has 1 saturated carbocycles. The van der Waals surface area contributed by atoms with Crippen molar-refractivity contribution in [3.05, 3.63) is 35.4 Å². The molecule has 0 spiro atoms. The number of carbonyl (C=O) groups excluding carboxylic acids is 1. The second-order valence-electron chi connectivity index (χ2n) is 6.13. The van der Waals surface area contributed by atoms with Gasteiger partial charge in [0.05, 0.1) is 6.10 Å². The van der Waals surface area contributed by atoms with Gasteiger partial charge in [0.15, 0.2) is 0 Å². The highest BCUT2D eigenvalue weighted by molar-refractivity contribution is 5.75. The van der Waals surface area contributed by atoms with Crippen LogP contribution in [0.4, 0.5) is 13.6 Å². The van der Waals surface area contributed by atoms with Gasteiger partial charge < -0.3 is 15.3 Å². The van der Waals surface area contributed by atoms with Crippen molar-refractivity contribution >= 4 is 6.03 Å². The topological polar surface area (TPSA) is 52.6 Å². The van der Waals surface area contributed by atoms with Gasteiger partial charge in [-0.15, -0.1) is 0 Å². The average Bonchev–Trinajstić information content (AvgIpc) is 3.14. The first-order valence-electron chi connectivity index (χ1n) is 7.50. The fourth-order valence-corrected chi connectivity index (χ4v) is 2.59. The molecule has 122 valence electrons. The summed E-state index contributed by atoms with van der Waals surface area (Å²) in [7, 11) is 0. The number of carbonyl (C=O) groups is 1. The third-order valence-electron chi connectivity index (χ3n) is 3.81. The second kappa shape index (κ2) is 6.60. The molecule has 2 amide bonds. The predicted molar refractivity (Wildman–Crippen MR) is 79.6 cm³/mol. The number of hydrogen-bond donors (Lipinski definition) is 2. The molecule has 0 heterocycles. The number of rotatable bonds is 5.